The Hall–Kier alpha value is -0.250. The lowest BCUT2D eigenvalue weighted by atomic mass is 10.1. The maximum absolute atomic E-state index is 11.9. The van der Waals surface area contributed by atoms with Crippen molar-refractivity contribution in [3.8, 4) is 0 Å². The van der Waals surface area contributed by atoms with Gasteiger partial charge >= 0.3 is 5.97 Å². The molecule has 0 aliphatic rings. The van der Waals surface area contributed by atoms with Crippen molar-refractivity contribution in [2.45, 2.75) is 58.1 Å². The van der Waals surface area contributed by atoms with E-state index in [1.165, 1.54) is 0 Å². The zero-order chi connectivity index (χ0) is 13.8. The van der Waals surface area contributed by atoms with Crippen molar-refractivity contribution in [3.63, 3.8) is 0 Å². The Balaban J connectivity index is 3.82. The molecule has 0 aromatic carbocycles. The molecule has 4 heteroatoms. The molecule has 0 aliphatic carbocycles. The Morgan fingerprint density at radius 2 is 1.89 bits per heavy atom. The summed E-state index contributed by atoms with van der Waals surface area (Å²) in [7, 11) is 0. The molecule has 1 atom stereocenters. The number of halogens is 1. The number of thioether (sulfide) groups is 1. The molecule has 0 heterocycles. The summed E-state index contributed by atoms with van der Waals surface area (Å²) in [6.07, 6.45) is 4.59. The van der Waals surface area contributed by atoms with Gasteiger partial charge in [-0.3, -0.25) is 9.18 Å². The summed E-state index contributed by atoms with van der Waals surface area (Å²) < 4.78 is 17.0. The fourth-order valence-corrected chi connectivity index (χ4v) is 3.05. The molecule has 2 nitrogen and oxygen atoms in total. The van der Waals surface area contributed by atoms with Crippen LogP contribution in [0.15, 0.2) is 0 Å². The summed E-state index contributed by atoms with van der Waals surface area (Å²) in [4.78, 5) is 11.8. The predicted octanol–water partition coefficient (Wildman–Crippen LogP) is 4.23. The molecule has 0 aromatic heterocycles. The minimum Gasteiger partial charge on any atom is -0.465 e. The average molecular weight is 278 g/mol. The highest BCUT2D eigenvalue weighted by atomic mass is 32.2. The third-order valence-electron chi connectivity index (χ3n) is 2.58. The van der Waals surface area contributed by atoms with E-state index in [-0.39, 0.29) is 17.9 Å². The lowest BCUT2D eigenvalue weighted by Gasteiger charge is -2.17. The van der Waals surface area contributed by atoms with Crippen molar-refractivity contribution in [2.75, 3.05) is 19.0 Å². The third kappa shape index (κ3) is 9.75. The van der Waals surface area contributed by atoms with Crippen LogP contribution in [0.1, 0.15) is 52.9 Å². The molecule has 18 heavy (non-hydrogen) atoms. The van der Waals surface area contributed by atoms with Crippen LogP contribution < -0.4 is 0 Å². The van der Waals surface area contributed by atoms with Crippen molar-refractivity contribution >= 4 is 17.7 Å². The van der Waals surface area contributed by atoms with Gasteiger partial charge in [-0.05, 0) is 37.9 Å². The molecule has 0 rings (SSSR count). The zero-order valence-electron chi connectivity index (χ0n) is 11.9. The van der Waals surface area contributed by atoms with Gasteiger partial charge in [0.2, 0.25) is 0 Å². The first-order valence-electron chi connectivity index (χ1n) is 6.96. The van der Waals surface area contributed by atoms with E-state index in [0.29, 0.717) is 18.9 Å². The first-order chi connectivity index (χ1) is 8.61. The molecule has 108 valence electrons. The topological polar surface area (TPSA) is 26.3 Å². The maximum Gasteiger partial charge on any atom is 0.319 e. The molecular formula is C14H27FO2S. The molecule has 0 radical (unpaired) electrons. The van der Waals surface area contributed by atoms with E-state index >= 15 is 0 Å². The van der Waals surface area contributed by atoms with E-state index in [0.717, 1.165) is 31.4 Å². The fourth-order valence-electron chi connectivity index (χ4n) is 1.67. The van der Waals surface area contributed by atoms with Crippen LogP contribution in [-0.2, 0) is 9.53 Å². The Morgan fingerprint density at radius 1 is 1.22 bits per heavy atom. The first-order valence-corrected chi connectivity index (χ1v) is 8.00. The van der Waals surface area contributed by atoms with E-state index in [9.17, 15) is 9.18 Å². The van der Waals surface area contributed by atoms with Crippen LogP contribution in [0.25, 0.3) is 0 Å². The summed E-state index contributed by atoms with van der Waals surface area (Å²) in [6.45, 7) is 6.31. The van der Waals surface area contributed by atoms with Gasteiger partial charge in [0, 0.05) is 0 Å². The smallest absolute Gasteiger partial charge is 0.319 e. The van der Waals surface area contributed by atoms with E-state index in [2.05, 4.69) is 13.8 Å². The highest BCUT2D eigenvalue weighted by molar-refractivity contribution is 8.00. The number of hydrogen-bond acceptors (Lipinski definition) is 3. The number of carbonyl (C=O) groups excluding carboxylic acids is 1. The standard InChI is InChI=1S/C14H27FO2S/c1-4-17-14(16)13(11-12(2)3)18-10-8-6-5-7-9-15/h12-13H,4-11H2,1-3H3. The lowest BCUT2D eigenvalue weighted by molar-refractivity contribution is -0.142. The summed E-state index contributed by atoms with van der Waals surface area (Å²) in [5.74, 6) is 1.38. The third-order valence-corrected chi connectivity index (χ3v) is 3.89. The monoisotopic (exact) mass is 278 g/mol. The quantitative estimate of drug-likeness (QED) is 0.418. The van der Waals surface area contributed by atoms with Crippen LogP contribution in [-0.4, -0.2) is 30.3 Å². The van der Waals surface area contributed by atoms with Gasteiger partial charge < -0.3 is 4.74 Å². The predicted molar refractivity (Wildman–Crippen MR) is 76.8 cm³/mol. The van der Waals surface area contributed by atoms with Gasteiger partial charge in [-0.15, -0.1) is 11.8 Å². The van der Waals surface area contributed by atoms with Crippen LogP contribution in [0, 0.1) is 5.92 Å². The van der Waals surface area contributed by atoms with Gasteiger partial charge in [-0.25, -0.2) is 0 Å². The molecule has 0 aliphatic heterocycles. The Labute approximate surface area is 115 Å². The molecule has 0 aromatic rings. The molecule has 0 bridgehead atoms. The number of hydrogen-bond donors (Lipinski definition) is 0. The molecule has 0 amide bonds. The summed E-state index contributed by atoms with van der Waals surface area (Å²) in [5, 5.41) is -0.0360. The SMILES string of the molecule is CCOC(=O)C(CC(C)C)SCCCCCCF. The summed E-state index contributed by atoms with van der Waals surface area (Å²) in [6, 6.07) is 0. The average Bonchev–Trinajstić information content (AvgIpc) is 2.32. The van der Waals surface area contributed by atoms with Crippen molar-refractivity contribution in [1.82, 2.24) is 0 Å². The lowest BCUT2D eigenvalue weighted by Crippen LogP contribution is -2.22. The largest absolute Gasteiger partial charge is 0.465 e. The van der Waals surface area contributed by atoms with Crippen LogP contribution in [0.3, 0.4) is 0 Å². The number of ether oxygens (including phenoxy) is 1. The second-order valence-electron chi connectivity index (χ2n) is 4.84. The molecule has 1 unspecified atom stereocenters. The van der Waals surface area contributed by atoms with Crippen LogP contribution >= 0.6 is 11.8 Å². The van der Waals surface area contributed by atoms with Crippen LogP contribution in [0.4, 0.5) is 4.39 Å². The van der Waals surface area contributed by atoms with Gasteiger partial charge in [0.05, 0.1) is 13.3 Å². The summed E-state index contributed by atoms with van der Waals surface area (Å²) in [5.41, 5.74) is 0. The highest BCUT2D eigenvalue weighted by Crippen LogP contribution is 2.22. The fraction of sp³-hybridized carbons (Fsp3) is 0.929. The van der Waals surface area contributed by atoms with Gasteiger partial charge in [0.25, 0.3) is 0 Å². The minimum absolute atomic E-state index is 0.0360. The molecule has 0 N–H and O–H groups in total. The second kappa shape index (κ2) is 11.8. The van der Waals surface area contributed by atoms with E-state index in [1.807, 2.05) is 6.92 Å². The number of rotatable bonds is 11. The summed E-state index contributed by atoms with van der Waals surface area (Å²) >= 11 is 1.69. The van der Waals surface area contributed by atoms with Crippen molar-refractivity contribution in [2.24, 2.45) is 5.92 Å². The Bertz CT molecular complexity index is 210. The first kappa shape index (κ1) is 17.8. The van der Waals surface area contributed by atoms with E-state index in [1.54, 1.807) is 11.8 Å². The zero-order valence-corrected chi connectivity index (χ0v) is 12.7. The van der Waals surface area contributed by atoms with Crippen molar-refractivity contribution < 1.29 is 13.9 Å². The number of unbranched alkanes of at least 4 members (excludes halogenated alkanes) is 3. The molecule has 0 saturated heterocycles. The van der Waals surface area contributed by atoms with Crippen LogP contribution in [0.5, 0.6) is 0 Å². The molecular weight excluding hydrogens is 251 g/mol. The number of carbonyl (C=O) groups is 1. The van der Waals surface area contributed by atoms with Gasteiger partial charge in [0.1, 0.15) is 5.25 Å². The van der Waals surface area contributed by atoms with Crippen molar-refractivity contribution in [1.29, 1.82) is 0 Å². The van der Waals surface area contributed by atoms with E-state index in [4.69, 9.17) is 4.74 Å². The number of esters is 1. The Kier molecular flexibility index (Phi) is 11.7. The Morgan fingerprint density at radius 3 is 2.44 bits per heavy atom. The molecule has 0 saturated carbocycles. The second-order valence-corrected chi connectivity index (χ2v) is 6.15. The van der Waals surface area contributed by atoms with Gasteiger partial charge in [-0.1, -0.05) is 26.7 Å². The minimum atomic E-state index is -0.216. The van der Waals surface area contributed by atoms with E-state index < -0.39 is 0 Å². The molecule has 0 fully saturated rings. The molecule has 0 spiro atoms. The highest BCUT2D eigenvalue weighted by Gasteiger charge is 2.21. The van der Waals surface area contributed by atoms with Gasteiger partial charge in [-0.2, -0.15) is 0 Å². The van der Waals surface area contributed by atoms with Crippen LogP contribution in [0.2, 0.25) is 0 Å². The normalized spacial score (nSPS) is 12.7. The van der Waals surface area contributed by atoms with Crippen molar-refractivity contribution in [3.05, 3.63) is 0 Å². The van der Waals surface area contributed by atoms with Gasteiger partial charge in [0.15, 0.2) is 0 Å². The maximum atomic E-state index is 11.9. The number of alkyl halides is 1.